The van der Waals surface area contributed by atoms with Crippen molar-refractivity contribution in [1.29, 1.82) is 0 Å². The van der Waals surface area contributed by atoms with Crippen LogP contribution in [0.15, 0.2) is 0 Å². The van der Waals surface area contributed by atoms with E-state index in [1.54, 1.807) is 0 Å². The summed E-state index contributed by atoms with van der Waals surface area (Å²) in [5.41, 5.74) is 0. The predicted molar refractivity (Wildman–Crippen MR) is 55.3 cm³/mol. The van der Waals surface area contributed by atoms with Gasteiger partial charge < -0.3 is 15.3 Å². The Labute approximate surface area is 85.3 Å². The average Bonchev–Trinajstić information content (AvgIpc) is 2.53. The molecule has 1 aliphatic heterocycles. The van der Waals surface area contributed by atoms with E-state index in [9.17, 15) is 4.79 Å². The zero-order chi connectivity index (χ0) is 10.6. The summed E-state index contributed by atoms with van der Waals surface area (Å²) in [5.74, 6) is -0.0825. The van der Waals surface area contributed by atoms with Gasteiger partial charge in [-0.1, -0.05) is 0 Å². The molecular weight excluding hydrogens is 180 g/mol. The van der Waals surface area contributed by atoms with Crippen LogP contribution in [0.2, 0.25) is 0 Å². The third-order valence-corrected chi connectivity index (χ3v) is 3.04. The van der Waals surface area contributed by atoms with Crippen LogP contribution in [0.1, 0.15) is 19.3 Å². The van der Waals surface area contributed by atoms with Crippen molar-refractivity contribution in [1.82, 2.24) is 10.2 Å². The Morgan fingerprint density at radius 3 is 2.86 bits per heavy atom. The van der Waals surface area contributed by atoms with E-state index in [-0.39, 0.29) is 6.42 Å². The predicted octanol–water partition coefficient (Wildman–Crippen LogP) is 0.391. The highest BCUT2D eigenvalue weighted by molar-refractivity contribution is 5.66. The van der Waals surface area contributed by atoms with E-state index in [0.29, 0.717) is 12.0 Å². The molecule has 0 spiro atoms. The summed E-state index contributed by atoms with van der Waals surface area (Å²) in [5, 5.41) is 11.8. The largest absolute Gasteiger partial charge is 0.481 e. The molecular formula is C10H20N2O2. The number of hydrogen-bond donors (Lipinski definition) is 2. The Morgan fingerprint density at radius 1 is 1.71 bits per heavy atom. The Hall–Kier alpha value is -0.610. The van der Waals surface area contributed by atoms with Crippen LogP contribution in [-0.4, -0.2) is 49.2 Å². The van der Waals surface area contributed by atoms with Crippen molar-refractivity contribution in [2.24, 2.45) is 5.92 Å². The van der Waals surface area contributed by atoms with Crippen LogP contribution in [0.3, 0.4) is 0 Å². The molecule has 0 aromatic carbocycles. The molecule has 1 saturated heterocycles. The molecule has 1 rings (SSSR count). The van der Waals surface area contributed by atoms with Crippen LogP contribution < -0.4 is 5.32 Å². The second-order valence-corrected chi connectivity index (χ2v) is 4.14. The molecule has 2 atom stereocenters. The minimum absolute atomic E-state index is 0.270. The molecule has 82 valence electrons. The Kier molecular flexibility index (Phi) is 4.35. The first-order valence-corrected chi connectivity index (χ1v) is 5.21. The van der Waals surface area contributed by atoms with E-state index in [1.807, 2.05) is 7.05 Å². The molecule has 4 nitrogen and oxygen atoms in total. The van der Waals surface area contributed by atoms with Gasteiger partial charge in [-0.25, -0.2) is 0 Å². The van der Waals surface area contributed by atoms with Gasteiger partial charge >= 0.3 is 5.97 Å². The van der Waals surface area contributed by atoms with Crippen molar-refractivity contribution in [2.45, 2.75) is 25.3 Å². The molecule has 0 bridgehead atoms. The number of carbonyl (C=O) groups is 1. The van der Waals surface area contributed by atoms with Crippen molar-refractivity contribution in [2.75, 3.05) is 27.2 Å². The standard InChI is InChI=1S/C10H20N2O2/c1-11-9(3-4-10(13)14)8-5-6-12(2)7-8/h8-9,11H,3-7H2,1-2H3,(H,13,14). The van der Waals surface area contributed by atoms with Crippen molar-refractivity contribution in [3.8, 4) is 0 Å². The quantitative estimate of drug-likeness (QED) is 0.674. The normalized spacial score (nSPS) is 25.1. The third kappa shape index (κ3) is 3.27. The van der Waals surface area contributed by atoms with E-state index in [1.165, 1.54) is 6.42 Å². The van der Waals surface area contributed by atoms with Crippen LogP contribution in [0.4, 0.5) is 0 Å². The fraction of sp³-hybridized carbons (Fsp3) is 0.900. The minimum atomic E-state index is -0.698. The van der Waals surface area contributed by atoms with E-state index >= 15 is 0 Å². The van der Waals surface area contributed by atoms with Gasteiger partial charge in [0.2, 0.25) is 0 Å². The van der Waals surface area contributed by atoms with Gasteiger partial charge in [-0.05, 0) is 39.4 Å². The fourth-order valence-corrected chi connectivity index (χ4v) is 2.19. The van der Waals surface area contributed by atoms with Gasteiger partial charge in [0, 0.05) is 19.0 Å². The SMILES string of the molecule is CNC(CCC(=O)O)C1CCN(C)C1. The van der Waals surface area contributed by atoms with Gasteiger partial charge in [-0.15, -0.1) is 0 Å². The molecule has 0 aromatic heterocycles. The van der Waals surface area contributed by atoms with Crippen molar-refractivity contribution < 1.29 is 9.90 Å². The molecule has 0 saturated carbocycles. The number of aliphatic carboxylic acids is 1. The average molecular weight is 200 g/mol. The van der Waals surface area contributed by atoms with Gasteiger partial charge in [0.25, 0.3) is 0 Å². The molecule has 4 heteroatoms. The van der Waals surface area contributed by atoms with Crippen LogP contribution in [0.5, 0.6) is 0 Å². The minimum Gasteiger partial charge on any atom is -0.481 e. The zero-order valence-corrected chi connectivity index (χ0v) is 8.99. The molecule has 0 aliphatic carbocycles. The number of carboxylic acids is 1. The maximum atomic E-state index is 10.5. The molecule has 2 unspecified atom stereocenters. The smallest absolute Gasteiger partial charge is 0.303 e. The number of likely N-dealkylation sites (tertiary alicyclic amines) is 1. The van der Waals surface area contributed by atoms with Crippen molar-refractivity contribution in [3.63, 3.8) is 0 Å². The second kappa shape index (κ2) is 5.32. The highest BCUT2D eigenvalue weighted by atomic mass is 16.4. The zero-order valence-electron chi connectivity index (χ0n) is 8.99. The van der Waals surface area contributed by atoms with Crippen LogP contribution in [0, 0.1) is 5.92 Å². The molecule has 0 amide bonds. The third-order valence-electron chi connectivity index (χ3n) is 3.04. The van der Waals surface area contributed by atoms with Gasteiger partial charge in [0.05, 0.1) is 0 Å². The highest BCUT2D eigenvalue weighted by Gasteiger charge is 2.26. The maximum absolute atomic E-state index is 10.5. The Morgan fingerprint density at radius 2 is 2.43 bits per heavy atom. The maximum Gasteiger partial charge on any atom is 0.303 e. The van der Waals surface area contributed by atoms with Crippen molar-refractivity contribution >= 4 is 5.97 Å². The number of nitrogens with one attached hydrogen (secondary N) is 1. The number of nitrogens with zero attached hydrogens (tertiary/aromatic N) is 1. The first-order valence-electron chi connectivity index (χ1n) is 5.21. The Bertz CT molecular complexity index is 197. The highest BCUT2D eigenvalue weighted by Crippen LogP contribution is 2.20. The van der Waals surface area contributed by atoms with Gasteiger partial charge in [-0.2, -0.15) is 0 Å². The lowest BCUT2D eigenvalue weighted by Gasteiger charge is -2.22. The number of rotatable bonds is 5. The van der Waals surface area contributed by atoms with Crippen LogP contribution >= 0.6 is 0 Å². The molecule has 1 heterocycles. The summed E-state index contributed by atoms with van der Waals surface area (Å²) in [6, 6.07) is 0.357. The summed E-state index contributed by atoms with van der Waals surface area (Å²) in [4.78, 5) is 12.8. The molecule has 0 aromatic rings. The number of hydrogen-bond acceptors (Lipinski definition) is 3. The van der Waals surface area contributed by atoms with Gasteiger partial charge in [0.15, 0.2) is 0 Å². The molecule has 0 radical (unpaired) electrons. The summed E-state index contributed by atoms with van der Waals surface area (Å²) in [7, 11) is 4.04. The molecule has 14 heavy (non-hydrogen) atoms. The fourth-order valence-electron chi connectivity index (χ4n) is 2.19. The van der Waals surface area contributed by atoms with Crippen LogP contribution in [0.25, 0.3) is 0 Å². The van der Waals surface area contributed by atoms with E-state index < -0.39 is 5.97 Å². The number of carboxylic acid groups (broad SMARTS) is 1. The summed E-state index contributed by atoms with van der Waals surface area (Å²) < 4.78 is 0. The van der Waals surface area contributed by atoms with Crippen molar-refractivity contribution in [3.05, 3.63) is 0 Å². The summed E-state index contributed by atoms with van der Waals surface area (Å²) in [6.45, 7) is 2.22. The Balaban J connectivity index is 2.34. The van der Waals surface area contributed by atoms with E-state index in [0.717, 1.165) is 19.5 Å². The van der Waals surface area contributed by atoms with Crippen LogP contribution in [-0.2, 0) is 4.79 Å². The molecule has 1 aliphatic rings. The second-order valence-electron chi connectivity index (χ2n) is 4.14. The summed E-state index contributed by atoms with van der Waals surface area (Å²) >= 11 is 0. The first-order chi connectivity index (χ1) is 6.63. The first kappa shape index (κ1) is 11.5. The molecule has 1 fully saturated rings. The van der Waals surface area contributed by atoms with Gasteiger partial charge in [-0.3, -0.25) is 4.79 Å². The van der Waals surface area contributed by atoms with Gasteiger partial charge in [0.1, 0.15) is 0 Å². The van der Waals surface area contributed by atoms with E-state index in [2.05, 4.69) is 17.3 Å². The lowest BCUT2D eigenvalue weighted by Crippen LogP contribution is -2.35. The topological polar surface area (TPSA) is 52.6 Å². The monoisotopic (exact) mass is 200 g/mol. The molecule has 2 N–H and O–H groups in total. The van der Waals surface area contributed by atoms with E-state index in [4.69, 9.17) is 5.11 Å². The summed E-state index contributed by atoms with van der Waals surface area (Å²) in [6.07, 6.45) is 2.19. The lowest BCUT2D eigenvalue weighted by molar-refractivity contribution is -0.137. The lowest BCUT2D eigenvalue weighted by atomic mass is 9.95.